The summed E-state index contributed by atoms with van der Waals surface area (Å²) >= 11 is 5.78. The zero-order chi connectivity index (χ0) is 14.8. The number of nitrogens with zero attached hydrogens (tertiary/aromatic N) is 3. The van der Waals surface area contributed by atoms with Crippen LogP contribution in [0.1, 0.15) is 0 Å². The lowest BCUT2D eigenvalue weighted by atomic mass is 10.2. The van der Waals surface area contributed by atoms with E-state index >= 15 is 0 Å². The molecule has 1 aromatic carbocycles. The van der Waals surface area contributed by atoms with Crippen LogP contribution < -0.4 is 4.74 Å². The van der Waals surface area contributed by atoms with Gasteiger partial charge in [0.15, 0.2) is 11.5 Å². The molecular weight excluding hydrogens is 294 g/mol. The molecule has 21 heavy (non-hydrogen) atoms. The van der Waals surface area contributed by atoms with Gasteiger partial charge in [0.25, 0.3) is 5.89 Å². The van der Waals surface area contributed by atoms with Crippen molar-refractivity contribution in [3.63, 3.8) is 0 Å². The highest BCUT2D eigenvalue weighted by atomic mass is 35.5. The van der Waals surface area contributed by atoms with E-state index in [9.17, 15) is 5.11 Å². The lowest BCUT2D eigenvalue weighted by Crippen LogP contribution is -1.86. The summed E-state index contributed by atoms with van der Waals surface area (Å²) in [7, 11) is 1.48. The van der Waals surface area contributed by atoms with Crippen LogP contribution >= 0.6 is 11.6 Å². The fourth-order valence-corrected chi connectivity index (χ4v) is 1.89. The first kappa shape index (κ1) is 13.4. The van der Waals surface area contributed by atoms with Crippen LogP contribution in [0.2, 0.25) is 5.02 Å². The number of aromatic hydroxyl groups is 1. The first-order chi connectivity index (χ1) is 10.2. The fraction of sp³-hybridized carbons (Fsp3) is 0.0714. The van der Waals surface area contributed by atoms with Crippen LogP contribution in [-0.4, -0.2) is 27.3 Å². The number of rotatable bonds is 3. The minimum atomic E-state index is -0.000585. The van der Waals surface area contributed by atoms with Crippen LogP contribution in [0.3, 0.4) is 0 Å². The highest BCUT2D eigenvalue weighted by Gasteiger charge is 2.13. The van der Waals surface area contributed by atoms with E-state index in [-0.39, 0.29) is 11.6 Å². The summed E-state index contributed by atoms with van der Waals surface area (Å²) in [5, 5.41) is 14.2. The molecule has 106 valence electrons. The van der Waals surface area contributed by atoms with Gasteiger partial charge in [0.2, 0.25) is 5.82 Å². The lowest BCUT2D eigenvalue weighted by molar-refractivity contribution is 0.373. The summed E-state index contributed by atoms with van der Waals surface area (Å²) in [5.74, 6) is 0.994. The average molecular weight is 304 g/mol. The van der Waals surface area contributed by atoms with Crippen LogP contribution in [0.15, 0.2) is 41.1 Å². The summed E-state index contributed by atoms with van der Waals surface area (Å²) in [6.07, 6.45) is 1.51. The fourth-order valence-electron chi connectivity index (χ4n) is 1.78. The van der Waals surface area contributed by atoms with Crippen molar-refractivity contribution in [2.75, 3.05) is 7.11 Å². The number of ether oxygens (including phenoxy) is 1. The molecule has 0 bridgehead atoms. The SMILES string of the molecule is COc1ccc(-c2nc(-c3ccc(Cl)cn3)no2)cc1O. The molecule has 2 heterocycles. The van der Waals surface area contributed by atoms with Crippen LogP contribution in [0.25, 0.3) is 23.0 Å². The first-order valence-electron chi connectivity index (χ1n) is 6.00. The number of methoxy groups -OCH3 is 1. The molecule has 3 aromatic rings. The molecule has 3 rings (SSSR count). The first-order valence-corrected chi connectivity index (χ1v) is 6.38. The number of aromatic nitrogens is 3. The van der Waals surface area contributed by atoms with Gasteiger partial charge in [-0.3, -0.25) is 4.98 Å². The zero-order valence-corrected chi connectivity index (χ0v) is 11.7. The van der Waals surface area contributed by atoms with E-state index in [0.29, 0.717) is 27.9 Å². The van der Waals surface area contributed by atoms with Gasteiger partial charge in [-0.05, 0) is 30.3 Å². The second-order valence-electron chi connectivity index (χ2n) is 4.17. The average Bonchev–Trinajstić information content (AvgIpc) is 2.98. The van der Waals surface area contributed by atoms with Crippen molar-refractivity contribution < 1.29 is 14.4 Å². The Bertz CT molecular complexity index is 771. The Labute approximate surface area is 125 Å². The molecule has 0 spiro atoms. The van der Waals surface area contributed by atoms with Gasteiger partial charge in [-0.15, -0.1) is 0 Å². The van der Waals surface area contributed by atoms with Crippen molar-refractivity contribution in [3.8, 4) is 34.5 Å². The molecular formula is C14H10ClN3O3. The number of phenolic OH excluding ortho intramolecular Hbond substituents is 1. The topological polar surface area (TPSA) is 81.3 Å². The molecule has 7 heteroatoms. The molecule has 6 nitrogen and oxygen atoms in total. The second-order valence-corrected chi connectivity index (χ2v) is 4.61. The molecule has 0 atom stereocenters. The summed E-state index contributed by atoms with van der Waals surface area (Å²) in [6.45, 7) is 0. The van der Waals surface area contributed by atoms with E-state index in [1.165, 1.54) is 19.4 Å². The number of halogens is 1. The van der Waals surface area contributed by atoms with Crippen molar-refractivity contribution in [1.82, 2.24) is 15.1 Å². The highest BCUT2D eigenvalue weighted by Crippen LogP contribution is 2.31. The molecule has 0 radical (unpaired) electrons. The number of hydrogen-bond acceptors (Lipinski definition) is 6. The summed E-state index contributed by atoms with van der Waals surface area (Å²) in [5.41, 5.74) is 1.13. The summed E-state index contributed by atoms with van der Waals surface area (Å²) < 4.78 is 10.2. The molecule has 1 N–H and O–H groups in total. The Morgan fingerprint density at radius 2 is 2.10 bits per heavy atom. The minimum Gasteiger partial charge on any atom is -0.504 e. The zero-order valence-electron chi connectivity index (χ0n) is 10.9. The number of benzene rings is 1. The van der Waals surface area contributed by atoms with Crippen LogP contribution in [0.4, 0.5) is 0 Å². The summed E-state index contributed by atoms with van der Waals surface area (Å²) in [6, 6.07) is 8.22. The Hall–Kier alpha value is -2.60. The van der Waals surface area contributed by atoms with Gasteiger partial charge >= 0.3 is 0 Å². The largest absolute Gasteiger partial charge is 0.504 e. The van der Waals surface area contributed by atoms with E-state index in [4.69, 9.17) is 20.9 Å². The maximum absolute atomic E-state index is 9.77. The molecule has 0 saturated carbocycles. The molecule has 0 fully saturated rings. The van der Waals surface area contributed by atoms with E-state index in [1.54, 1.807) is 24.3 Å². The molecule has 0 saturated heterocycles. The molecule has 0 aliphatic heterocycles. The van der Waals surface area contributed by atoms with E-state index in [0.717, 1.165) is 0 Å². The van der Waals surface area contributed by atoms with Crippen molar-refractivity contribution in [2.24, 2.45) is 0 Å². The summed E-state index contributed by atoms with van der Waals surface area (Å²) in [4.78, 5) is 8.36. The third-order valence-electron chi connectivity index (χ3n) is 2.81. The lowest BCUT2D eigenvalue weighted by Gasteiger charge is -2.03. The van der Waals surface area contributed by atoms with Crippen molar-refractivity contribution >= 4 is 11.6 Å². The monoisotopic (exact) mass is 303 g/mol. The van der Waals surface area contributed by atoms with Crippen LogP contribution in [-0.2, 0) is 0 Å². The van der Waals surface area contributed by atoms with Crippen LogP contribution in [0, 0.1) is 0 Å². The van der Waals surface area contributed by atoms with Crippen molar-refractivity contribution in [2.45, 2.75) is 0 Å². The maximum atomic E-state index is 9.77. The molecule has 0 aliphatic carbocycles. The Kier molecular flexibility index (Phi) is 3.45. The number of pyridine rings is 1. The standard InChI is InChI=1S/C14H10ClN3O3/c1-20-12-5-2-8(6-11(12)19)14-17-13(18-21-14)10-4-3-9(15)7-16-10/h2-7,19H,1H3. The molecule has 0 aliphatic rings. The Morgan fingerprint density at radius 3 is 2.76 bits per heavy atom. The predicted molar refractivity (Wildman–Crippen MR) is 76.2 cm³/mol. The third kappa shape index (κ3) is 2.66. The van der Waals surface area contributed by atoms with Crippen molar-refractivity contribution in [3.05, 3.63) is 41.6 Å². The Morgan fingerprint density at radius 1 is 1.24 bits per heavy atom. The second kappa shape index (κ2) is 5.41. The number of phenols is 1. The molecule has 0 amide bonds. The van der Waals surface area contributed by atoms with Gasteiger partial charge < -0.3 is 14.4 Å². The van der Waals surface area contributed by atoms with Gasteiger partial charge in [0.05, 0.1) is 12.1 Å². The highest BCUT2D eigenvalue weighted by molar-refractivity contribution is 6.30. The quantitative estimate of drug-likeness (QED) is 0.800. The van der Waals surface area contributed by atoms with Gasteiger partial charge in [0.1, 0.15) is 5.69 Å². The van der Waals surface area contributed by atoms with Gasteiger partial charge in [-0.2, -0.15) is 4.98 Å². The van der Waals surface area contributed by atoms with E-state index < -0.39 is 0 Å². The van der Waals surface area contributed by atoms with Crippen LogP contribution in [0.5, 0.6) is 11.5 Å². The van der Waals surface area contributed by atoms with Gasteiger partial charge in [-0.1, -0.05) is 16.8 Å². The molecule has 0 unspecified atom stereocenters. The van der Waals surface area contributed by atoms with Gasteiger partial charge in [0, 0.05) is 11.8 Å². The number of hydrogen-bond donors (Lipinski definition) is 1. The normalized spacial score (nSPS) is 10.6. The van der Waals surface area contributed by atoms with E-state index in [2.05, 4.69) is 15.1 Å². The Balaban J connectivity index is 1.94. The third-order valence-corrected chi connectivity index (χ3v) is 3.03. The van der Waals surface area contributed by atoms with E-state index in [1.807, 2.05) is 0 Å². The minimum absolute atomic E-state index is 0.000585. The van der Waals surface area contributed by atoms with Crippen molar-refractivity contribution in [1.29, 1.82) is 0 Å². The smallest absolute Gasteiger partial charge is 0.258 e. The molecule has 2 aromatic heterocycles. The van der Waals surface area contributed by atoms with Gasteiger partial charge in [-0.25, -0.2) is 0 Å². The predicted octanol–water partition coefficient (Wildman–Crippen LogP) is 3.17. The maximum Gasteiger partial charge on any atom is 0.258 e.